The van der Waals surface area contributed by atoms with Crippen LogP contribution in [0, 0.1) is 0 Å². The number of amides is 1. The van der Waals surface area contributed by atoms with Gasteiger partial charge in [-0.05, 0) is 36.6 Å². The standard InChI is InChI=1S/C15H17NO3/c17-13-4-2-12(3-5-13)16-15(18)11-1-6-14-10(9-11)7-8-19-14/h1,6,9,12H,2-5,7-8H2,(H,16,18). The highest BCUT2D eigenvalue weighted by atomic mass is 16.5. The van der Waals surface area contributed by atoms with E-state index in [-0.39, 0.29) is 11.9 Å². The molecule has 0 atom stereocenters. The summed E-state index contributed by atoms with van der Waals surface area (Å²) in [6.45, 7) is 0.700. The minimum absolute atomic E-state index is 0.0472. The van der Waals surface area contributed by atoms with E-state index < -0.39 is 0 Å². The summed E-state index contributed by atoms with van der Waals surface area (Å²) < 4.78 is 5.43. The Kier molecular flexibility index (Phi) is 3.23. The lowest BCUT2D eigenvalue weighted by Gasteiger charge is -2.22. The fraction of sp³-hybridized carbons (Fsp3) is 0.467. The van der Waals surface area contributed by atoms with Crippen LogP contribution in [0.3, 0.4) is 0 Å². The molecule has 0 aromatic heterocycles. The average Bonchev–Trinajstić information content (AvgIpc) is 2.88. The van der Waals surface area contributed by atoms with Crippen molar-refractivity contribution in [1.82, 2.24) is 5.32 Å². The second-order valence-electron chi connectivity index (χ2n) is 5.21. The second-order valence-corrected chi connectivity index (χ2v) is 5.21. The summed E-state index contributed by atoms with van der Waals surface area (Å²) in [5.41, 5.74) is 1.78. The van der Waals surface area contributed by atoms with Crippen molar-refractivity contribution in [3.63, 3.8) is 0 Å². The number of fused-ring (bicyclic) bond motifs is 1. The number of ketones is 1. The SMILES string of the molecule is O=C1CCC(NC(=O)c2ccc3c(c2)CCO3)CC1. The molecule has 100 valence electrons. The molecule has 1 N–H and O–H groups in total. The molecule has 1 aliphatic carbocycles. The molecule has 1 aromatic carbocycles. The fourth-order valence-electron chi connectivity index (χ4n) is 2.68. The first kappa shape index (κ1) is 12.2. The van der Waals surface area contributed by atoms with Gasteiger partial charge >= 0.3 is 0 Å². The van der Waals surface area contributed by atoms with E-state index in [1.165, 1.54) is 0 Å². The maximum Gasteiger partial charge on any atom is 0.251 e. The van der Waals surface area contributed by atoms with Crippen LogP contribution in [0.1, 0.15) is 41.6 Å². The van der Waals surface area contributed by atoms with E-state index in [1.807, 2.05) is 12.1 Å². The summed E-state index contributed by atoms with van der Waals surface area (Å²) in [5, 5.41) is 3.01. The minimum atomic E-state index is -0.0472. The molecule has 1 heterocycles. The first-order valence-electron chi connectivity index (χ1n) is 6.80. The highest BCUT2D eigenvalue weighted by molar-refractivity contribution is 5.95. The van der Waals surface area contributed by atoms with Crippen molar-refractivity contribution < 1.29 is 14.3 Å². The van der Waals surface area contributed by atoms with Gasteiger partial charge in [0.25, 0.3) is 5.91 Å². The zero-order chi connectivity index (χ0) is 13.2. The van der Waals surface area contributed by atoms with Crippen molar-refractivity contribution in [3.05, 3.63) is 29.3 Å². The molecular formula is C15H17NO3. The van der Waals surface area contributed by atoms with Gasteiger partial charge in [0.1, 0.15) is 11.5 Å². The molecule has 0 unspecified atom stereocenters. The van der Waals surface area contributed by atoms with Gasteiger partial charge in [0.2, 0.25) is 0 Å². The van der Waals surface area contributed by atoms with Crippen molar-refractivity contribution in [2.75, 3.05) is 6.61 Å². The zero-order valence-electron chi connectivity index (χ0n) is 10.8. The molecule has 4 heteroatoms. The van der Waals surface area contributed by atoms with Crippen LogP contribution in [-0.2, 0) is 11.2 Å². The number of carbonyl (C=O) groups is 2. The lowest BCUT2D eigenvalue weighted by molar-refractivity contribution is -0.120. The van der Waals surface area contributed by atoms with Crippen molar-refractivity contribution in [3.8, 4) is 5.75 Å². The van der Waals surface area contributed by atoms with Crippen molar-refractivity contribution in [1.29, 1.82) is 0 Å². The number of nitrogens with one attached hydrogen (secondary N) is 1. The monoisotopic (exact) mass is 259 g/mol. The molecule has 1 fully saturated rings. The number of rotatable bonds is 2. The molecule has 0 saturated heterocycles. The van der Waals surface area contributed by atoms with Crippen LogP contribution in [0.5, 0.6) is 5.75 Å². The smallest absolute Gasteiger partial charge is 0.251 e. The Morgan fingerprint density at radius 1 is 1.21 bits per heavy atom. The molecule has 0 spiro atoms. The van der Waals surface area contributed by atoms with Gasteiger partial charge in [-0.3, -0.25) is 9.59 Å². The van der Waals surface area contributed by atoms with Gasteiger partial charge < -0.3 is 10.1 Å². The third-order valence-corrected chi connectivity index (χ3v) is 3.83. The Morgan fingerprint density at radius 3 is 2.79 bits per heavy atom. The quantitative estimate of drug-likeness (QED) is 0.882. The molecule has 19 heavy (non-hydrogen) atoms. The normalized spacial score (nSPS) is 18.8. The van der Waals surface area contributed by atoms with E-state index in [0.717, 1.165) is 30.6 Å². The van der Waals surface area contributed by atoms with E-state index in [4.69, 9.17) is 4.74 Å². The molecule has 1 aliphatic heterocycles. The van der Waals surface area contributed by atoms with Crippen molar-refractivity contribution >= 4 is 11.7 Å². The Balaban J connectivity index is 1.65. The van der Waals surface area contributed by atoms with Gasteiger partial charge in [0.05, 0.1) is 6.61 Å². The van der Waals surface area contributed by atoms with Gasteiger partial charge in [0, 0.05) is 30.9 Å². The Hall–Kier alpha value is -1.84. The first-order chi connectivity index (χ1) is 9.22. The first-order valence-corrected chi connectivity index (χ1v) is 6.80. The van der Waals surface area contributed by atoms with Crippen LogP contribution in [0.4, 0.5) is 0 Å². The van der Waals surface area contributed by atoms with Gasteiger partial charge in [-0.2, -0.15) is 0 Å². The summed E-state index contributed by atoms with van der Waals surface area (Å²) in [4.78, 5) is 23.3. The lowest BCUT2D eigenvalue weighted by Crippen LogP contribution is -2.37. The summed E-state index contributed by atoms with van der Waals surface area (Å²) in [6.07, 6.45) is 3.57. The zero-order valence-corrected chi connectivity index (χ0v) is 10.8. The molecule has 2 aliphatic rings. The van der Waals surface area contributed by atoms with Crippen LogP contribution in [0.15, 0.2) is 18.2 Å². The lowest BCUT2D eigenvalue weighted by atomic mass is 9.94. The van der Waals surface area contributed by atoms with Gasteiger partial charge in [0.15, 0.2) is 0 Å². The maximum absolute atomic E-state index is 12.2. The molecule has 4 nitrogen and oxygen atoms in total. The largest absolute Gasteiger partial charge is 0.493 e. The van der Waals surface area contributed by atoms with Crippen molar-refractivity contribution in [2.45, 2.75) is 38.1 Å². The predicted molar refractivity (Wildman–Crippen MR) is 70.4 cm³/mol. The van der Waals surface area contributed by atoms with Crippen LogP contribution >= 0.6 is 0 Å². The molecular weight excluding hydrogens is 242 g/mol. The van der Waals surface area contributed by atoms with Crippen molar-refractivity contribution in [2.24, 2.45) is 0 Å². The molecule has 1 saturated carbocycles. The summed E-state index contributed by atoms with van der Waals surface area (Å²) in [7, 11) is 0. The fourth-order valence-corrected chi connectivity index (χ4v) is 2.68. The highest BCUT2D eigenvalue weighted by Gasteiger charge is 2.21. The number of carbonyl (C=O) groups excluding carboxylic acids is 2. The third kappa shape index (κ3) is 2.62. The van der Waals surface area contributed by atoms with E-state index in [2.05, 4.69) is 5.32 Å². The minimum Gasteiger partial charge on any atom is -0.493 e. The molecule has 1 aromatic rings. The summed E-state index contributed by atoms with van der Waals surface area (Å²) in [6, 6.07) is 5.70. The maximum atomic E-state index is 12.2. The van der Waals surface area contributed by atoms with Gasteiger partial charge in [-0.1, -0.05) is 0 Å². The van der Waals surface area contributed by atoms with Crippen LogP contribution < -0.4 is 10.1 Å². The van der Waals surface area contributed by atoms with Crippen LogP contribution in [0.25, 0.3) is 0 Å². The van der Waals surface area contributed by atoms with E-state index in [9.17, 15) is 9.59 Å². The second kappa shape index (κ2) is 5.03. The van der Waals surface area contributed by atoms with E-state index >= 15 is 0 Å². The molecule has 1 amide bonds. The number of hydrogen-bond donors (Lipinski definition) is 1. The Bertz CT molecular complexity index is 514. The van der Waals surface area contributed by atoms with Crippen LogP contribution in [-0.4, -0.2) is 24.3 Å². The summed E-state index contributed by atoms with van der Waals surface area (Å²) >= 11 is 0. The summed E-state index contributed by atoms with van der Waals surface area (Å²) in [5.74, 6) is 1.15. The number of ether oxygens (including phenoxy) is 1. The number of benzene rings is 1. The Morgan fingerprint density at radius 2 is 2.00 bits per heavy atom. The van der Waals surface area contributed by atoms with Crippen LogP contribution in [0.2, 0.25) is 0 Å². The Labute approximate surface area is 112 Å². The van der Waals surface area contributed by atoms with E-state index in [0.29, 0.717) is 30.8 Å². The molecule has 0 radical (unpaired) electrons. The average molecular weight is 259 g/mol. The van der Waals surface area contributed by atoms with Gasteiger partial charge in [-0.15, -0.1) is 0 Å². The topological polar surface area (TPSA) is 55.4 Å². The highest BCUT2D eigenvalue weighted by Crippen LogP contribution is 2.26. The predicted octanol–water partition coefficient (Wildman–Crippen LogP) is 1.86. The molecule has 0 bridgehead atoms. The molecule has 3 rings (SSSR count). The van der Waals surface area contributed by atoms with E-state index in [1.54, 1.807) is 6.07 Å². The van der Waals surface area contributed by atoms with Gasteiger partial charge in [-0.25, -0.2) is 0 Å². The number of hydrogen-bond acceptors (Lipinski definition) is 3. The third-order valence-electron chi connectivity index (χ3n) is 3.83. The number of Topliss-reactive ketones (excluding diaryl/α,β-unsaturated/α-hetero) is 1.